The fraction of sp³-hybridized carbons (Fsp3) is 0.367. The first-order chi connectivity index (χ1) is 17.1. The highest BCUT2D eigenvalue weighted by atomic mass is 16.5. The maximum Gasteiger partial charge on any atom is 0.203 e. The van der Waals surface area contributed by atoms with E-state index in [0.29, 0.717) is 24.7 Å². The van der Waals surface area contributed by atoms with Gasteiger partial charge < -0.3 is 19.0 Å². The van der Waals surface area contributed by atoms with Crippen LogP contribution in [0.25, 0.3) is 11.0 Å². The second kappa shape index (κ2) is 10.2. The third-order valence-corrected chi connectivity index (χ3v) is 7.13. The summed E-state index contributed by atoms with van der Waals surface area (Å²) >= 11 is 0. The molecule has 2 N–H and O–H groups in total. The minimum Gasteiger partial charge on any atom is -0.394 e. The van der Waals surface area contributed by atoms with Crippen molar-refractivity contribution in [3.63, 3.8) is 0 Å². The SMILES string of the molecule is Cc1ccc(C[C@@H](COCCO)n2c(=N)n(C(c3ccc(C)cc3)C3CC3)c3ccccc32)cc1. The standard InChI is InChI=1S/C30H35N3O2/c1-21-7-11-23(12-8-21)19-26(20-35-18-17-34)32-27-5-3-4-6-28(27)33(30(32)31)29(25-15-16-25)24-13-9-22(2)10-14-24/h3-14,25-26,29,31,34H,15-20H2,1-2H3/t26-,29?/m0/s1. The summed E-state index contributed by atoms with van der Waals surface area (Å²) in [6, 6.07) is 25.9. The van der Waals surface area contributed by atoms with E-state index in [4.69, 9.17) is 4.74 Å². The smallest absolute Gasteiger partial charge is 0.203 e. The number of aromatic nitrogens is 2. The summed E-state index contributed by atoms with van der Waals surface area (Å²) in [7, 11) is 0. The fourth-order valence-electron chi connectivity index (χ4n) is 5.18. The molecule has 1 saturated carbocycles. The van der Waals surface area contributed by atoms with Gasteiger partial charge in [-0.25, -0.2) is 0 Å². The zero-order valence-electron chi connectivity index (χ0n) is 20.7. The van der Waals surface area contributed by atoms with Crippen molar-refractivity contribution in [1.29, 1.82) is 5.41 Å². The monoisotopic (exact) mass is 469 g/mol. The largest absolute Gasteiger partial charge is 0.394 e. The van der Waals surface area contributed by atoms with E-state index in [0.717, 1.165) is 17.5 Å². The van der Waals surface area contributed by atoms with Crippen LogP contribution in [0.15, 0.2) is 72.8 Å². The summed E-state index contributed by atoms with van der Waals surface area (Å²) in [6.07, 6.45) is 3.14. The normalized spacial score (nSPS) is 15.4. The summed E-state index contributed by atoms with van der Waals surface area (Å²) in [5.41, 5.74) is 7.62. The van der Waals surface area contributed by atoms with Gasteiger partial charge in [-0.2, -0.15) is 0 Å². The Hall–Kier alpha value is -3.15. The molecular formula is C30H35N3O2. The Kier molecular flexibility index (Phi) is 6.89. The summed E-state index contributed by atoms with van der Waals surface area (Å²) in [5.74, 6) is 0.548. The molecule has 35 heavy (non-hydrogen) atoms. The fourth-order valence-corrected chi connectivity index (χ4v) is 5.18. The molecule has 1 unspecified atom stereocenters. The van der Waals surface area contributed by atoms with Gasteiger partial charge in [-0.3, -0.25) is 5.41 Å². The molecule has 0 spiro atoms. The van der Waals surface area contributed by atoms with Gasteiger partial charge in [0.15, 0.2) is 0 Å². The van der Waals surface area contributed by atoms with Crippen LogP contribution in [0.5, 0.6) is 0 Å². The number of nitrogens with zero attached hydrogens (tertiary/aromatic N) is 2. The van der Waals surface area contributed by atoms with Crippen LogP contribution in [0.3, 0.4) is 0 Å². The average molecular weight is 470 g/mol. The molecule has 2 atom stereocenters. The van der Waals surface area contributed by atoms with Gasteiger partial charge in [0.2, 0.25) is 5.62 Å². The molecule has 0 amide bonds. The summed E-state index contributed by atoms with van der Waals surface area (Å²) < 4.78 is 10.3. The van der Waals surface area contributed by atoms with Crippen LogP contribution in [0.4, 0.5) is 0 Å². The lowest BCUT2D eigenvalue weighted by atomic mass is 10.0. The maximum atomic E-state index is 9.45. The van der Waals surface area contributed by atoms with Crippen molar-refractivity contribution < 1.29 is 9.84 Å². The van der Waals surface area contributed by atoms with Gasteiger partial charge in [0.05, 0.1) is 42.9 Å². The summed E-state index contributed by atoms with van der Waals surface area (Å²) in [6.45, 7) is 4.95. The molecule has 4 aromatic rings. The number of nitrogens with one attached hydrogen (secondary N) is 1. The van der Waals surface area contributed by atoms with E-state index in [1.54, 1.807) is 0 Å². The molecule has 1 aromatic heterocycles. The minimum absolute atomic E-state index is 0.00537. The number of hydrogen-bond acceptors (Lipinski definition) is 3. The number of hydrogen-bond donors (Lipinski definition) is 2. The highest BCUT2D eigenvalue weighted by molar-refractivity contribution is 5.76. The molecule has 1 heterocycles. The van der Waals surface area contributed by atoms with Gasteiger partial charge in [-0.15, -0.1) is 0 Å². The molecule has 0 bridgehead atoms. The van der Waals surface area contributed by atoms with Gasteiger partial charge >= 0.3 is 0 Å². The molecule has 5 heteroatoms. The van der Waals surface area contributed by atoms with Crippen LogP contribution in [0.1, 0.15) is 47.2 Å². The predicted octanol–water partition coefficient (Wildman–Crippen LogP) is 5.33. The number of para-hydroxylation sites is 2. The molecule has 182 valence electrons. The van der Waals surface area contributed by atoms with Crippen LogP contribution in [-0.2, 0) is 11.2 Å². The lowest BCUT2D eigenvalue weighted by Gasteiger charge is -2.22. The molecule has 5 nitrogen and oxygen atoms in total. The first-order valence-electron chi connectivity index (χ1n) is 12.6. The maximum absolute atomic E-state index is 9.45. The molecule has 1 aliphatic rings. The molecule has 3 aromatic carbocycles. The quantitative estimate of drug-likeness (QED) is 0.308. The third-order valence-electron chi connectivity index (χ3n) is 7.13. The van der Waals surface area contributed by atoms with E-state index in [1.165, 1.54) is 35.1 Å². The highest BCUT2D eigenvalue weighted by Crippen LogP contribution is 2.44. The minimum atomic E-state index is -0.0548. The van der Waals surface area contributed by atoms with Crippen molar-refractivity contribution in [3.05, 3.63) is 101 Å². The van der Waals surface area contributed by atoms with E-state index in [2.05, 4.69) is 95.8 Å². The van der Waals surface area contributed by atoms with E-state index >= 15 is 0 Å². The van der Waals surface area contributed by atoms with E-state index in [-0.39, 0.29) is 18.7 Å². The van der Waals surface area contributed by atoms with Crippen molar-refractivity contribution in [3.8, 4) is 0 Å². The molecular weight excluding hydrogens is 434 g/mol. The van der Waals surface area contributed by atoms with Crippen LogP contribution >= 0.6 is 0 Å². The first kappa shape index (κ1) is 23.6. The number of fused-ring (bicyclic) bond motifs is 1. The number of benzene rings is 3. The number of aliphatic hydroxyl groups excluding tert-OH is 1. The molecule has 1 aliphatic carbocycles. The Balaban J connectivity index is 1.63. The Morgan fingerprint density at radius 1 is 0.886 bits per heavy atom. The summed E-state index contributed by atoms with van der Waals surface area (Å²) in [5, 5.41) is 18.8. The van der Waals surface area contributed by atoms with E-state index < -0.39 is 0 Å². The topological polar surface area (TPSA) is 63.2 Å². The van der Waals surface area contributed by atoms with Gasteiger partial charge in [0, 0.05) is 0 Å². The predicted molar refractivity (Wildman–Crippen MR) is 140 cm³/mol. The zero-order chi connectivity index (χ0) is 24.4. The average Bonchev–Trinajstić information content (AvgIpc) is 3.66. The lowest BCUT2D eigenvalue weighted by molar-refractivity contribution is 0.0697. The van der Waals surface area contributed by atoms with Crippen LogP contribution in [0.2, 0.25) is 0 Å². The van der Waals surface area contributed by atoms with Gasteiger partial charge in [-0.1, -0.05) is 71.8 Å². The van der Waals surface area contributed by atoms with Gasteiger partial charge in [0.1, 0.15) is 0 Å². The Bertz CT molecular complexity index is 1330. The van der Waals surface area contributed by atoms with Crippen molar-refractivity contribution in [1.82, 2.24) is 9.13 Å². The second-order valence-corrected chi connectivity index (χ2v) is 9.89. The van der Waals surface area contributed by atoms with Gasteiger partial charge in [0.25, 0.3) is 0 Å². The van der Waals surface area contributed by atoms with Crippen molar-refractivity contribution in [2.45, 2.75) is 45.2 Å². The van der Waals surface area contributed by atoms with Crippen molar-refractivity contribution in [2.24, 2.45) is 5.92 Å². The molecule has 0 radical (unpaired) electrons. The van der Waals surface area contributed by atoms with Crippen molar-refractivity contribution in [2.75, 3.05) is 19.8 Å². The molecule has 1 fully saturated rings. The lowest BCUT2D eigenvalue weighted by Crippen LogP contribution is -2.33. The first-order valence-corrected chi connectivity index (χ1v) is 12.6. The van der Waals surface area contributed by atoms with Gasteiger partial charge in [-0.05, 0) is 62.3 Å². The Labute approximate surface area is 207 Å². The molecule has 0 aliphatic heterocycles. The zero-order valence-corrected chi connectivity index (χ0v) is 20.7. The Morgan fingerprint density at radius 3 is 2.09 bits per heavy atom. The molecule has 5 rings (SSSR count). The number of imidazole rings is 1. The third kappa shape index (κ3) is 4.97. The number of aryl methyl sites for hydroxylation is 2. The van der Waals surface area contributed by atoms with Crippen molar-refractivity contribution >= 4 is 11.0 Å². The van der Waals surface area contributed by atoms with E-state index in [9.17, 15) is 10.5 Å². The number of aliphatic hydroxyl groups is 1. The number of ether oxygens (including phenoxy) is 1. The Morgan fingerprint density at radius 2 is 1.49 bits per heavy atom. The number of rotatable bonds is 10. The second-order valence-electron chi connectivity index (χ2n) is 9.89. The summed E-state index contributed by atoms with van der Waals surface area (Å²) in [4.78, 5) is 0. The van der Waals surface area contributed by atoms with Crippen LogP contribution < -0.4 is 5.62 Å². The highest BCUT2D eigenvalue weighted by Gasteiger charge is 2.36. The van der Waals surface area contributed by atoms with Crippen LogP contribution in [-0.4, -0.2) is 34.1 Å². The molecule has 0 saturated heterocycles. The van der Waals surface area contributed by atoms with E-state index in [1.807, 2.05) is 0 Å². The van der Waals surface area contributed by atoms with Crippen LogP contribution in [0, 0.1) is 25.2 Å².